The third-order valence-corrected chi connectivity index (χ3v) is 3.13. The van der Waals surface area contributed by atoms with Gasteiger partial charge in [-0.1, -0.05) is 29.3 Å². The Hall–Kier alpha value is -1.92. The maximum Gasteiger partial charge on any atom is 0.208 e. The Bertz CT molecular complexity index is 712. The summed E-state index contributed by atoms with van der Waals surface area (Å²) in [6.07, 6.45) is 3.39. The summed E-state index contributed by atoms with van der Waals surface area (Å²) in [4.78, 5) is 1.38. The van der Waals surface area contributed by atoms with Gasteiger partial charge in [0.2, 0.25) is 5.82 Å². The second-order valence-electron chi connectivity index (χ2n) is 3.85. The molecule has 0 saturated heterocycles. The lowest BCUT2D eigenvalue weighted by Gasteiger charge is -2.05. The van der Waals surface area contributed by atoms with Crippen molar-refractivity contribution in [3.63, 3.8) is 0 Å². The first-order valence-electron chi connectivity index (χ1n) is 5.38. The number of hydrogen-bond donors (Lipinski definition) is 0. The second kappa shape index (κ2) is 4.64. The van der Waals surface area contributed by atoms with E-state index in [1.165, 1.54) is 4.80 Å². The molecule has 0 saturated carbocycles. The summed E-state index contributed by atoms with van der Waals surface area (Å²) < 4.78 is 1.59. The van der Waals surface area contributed by atoms with Crippen LogP contribution in [0, 0.1) is 0 Å². The number of rotatable bonds is 2. The molecule has 2 aromatic heterocycles. The largest absolute Gasteiger partial charge is 0.237 e. The van der Waals surface area contributed by atoms with Crippen LogP contribution in [0.5, 0.6) is 0 Å². The molecular formula is C11H8Cl2N6. The minimum Gasteiger partial charge on any atom is -0.237 e. The fourth-order valence-electron chi connectivity index (χ4n) is 1.67. The van der Waals surface area contributed by atoms with Crippen molar-refractivity contribution in [2.75, 3.05) is 0 Å². The minimum atomic E-state index is 0.497. The van der Waals surface area contributed by atoms with Crippen molar-refractivity contribution >= 4 is 23.2 Å². The molecule has 1 aromatic carbocycles. The van der Waals surface area contributed by atoms with Crippen molar-refractivity contribution in [2.24, 2.45) is 7.05 Å². The molecule has 0 unspecified atom stereocenters. The number of tetrazole rings is 1. The number of aromatic nitrogens is 6. The summed E-state index contributed by atoms with van der Waals surface area (Å²) in [5.41, 5.74) is 1.37. The van der Waals surface area contributed by atoms with E-state index in [1.54, 1.807) is 42.3 Å². The van der Waals surface area contributed by atoms with Crippen molar-refractivity contribution in [1.82, 2.24) is 30.0 Å². The lowest BCUT2D eigenvalue weighted by Crippen LogP contribution is -1.96. The maximum atomic E-state index is 6.13. The summed E-state index contributed by atoms with van der Waals surface area (Å²) in [5.74, 6) is 0.497. The van der Waals surface area contributed by atoms with E-state index in [1.807, 2.05) is 0 Å². The van der Waals surface area contributed by atoms with Crippen molar-refractivity contribution < 1.29 is 0 Å². The lowest BCUT2D eigenvalue weighted by molar-refractivity contribution is 0.630. The minimum absolute atomic E-state index is 0.497. The average molecular weight is 295 g/mol. The van der Waals surface area contributed by atoms with Gasteiger partial charge in [0.15, 0.2) is 0 Å². The van der Waals surface area contributed by atoms with Gasteiger partial charge in [-0.05, 0) is 17.3 Å². The SMILES string of the molecule is Cn1nnc(-c2cnn(-c3c(Cl)cccc3Cl)c2)n1. The van der Waals surface area contributed by atoms with Crippen LogP contribution in [-0.4, -0.2) is 30.0 Å². The van der Waals surface area contributed by atoms with E-state index in [-0.39, 0.29) is 0 Å². The van der Waals surface area contributed by atoms with Gasteiger partial charge in [-0.25, -0.2) is 4.68 Å². The van der Waals surface area contributed by atoms with Crippen LogP contribution in [0.25, 0.3) is 17.1 Å². The zero-order chi connectivity index (χ0) is 13.4. The summed E-state index contributed by atoms with van der Waals surface area (Å²) in [6.45, 7) is 0. The van der Waals surface area contributed by atoms with Crippen molar-refractivity contribution in [2.45, 2.75) is 0 Å². The number of nitrogens with zero attached hydrogens (tertiary/aromatic N) is 6. The molecule has 0 aliphatic carbocycles. The first-order valence-corrected chi connectivity index (χ1v) is 6.14. The van der Waals surface area contributed by atoms with E-state index in [0.29, 0.717) is 21.6 Å². The van der Waals surface area contributed by atoms with E-state index in [2.05, 4.69) is 20.5 Å². The Morgan fingerprint density at radius 1 is 1.16 bits per heavy atom. The van der Waals surface area contributed by atoms with E-state index >= 15 is 0 Å². The Balaban J connectivity index is 2.06. The monoisotopic (exact) mass is 294 g/mol. The van der Waals surface area contributed by atoms with Crippen molar-refractivity contribution in [1.29, 1.82) is 0 Å². The van der Waals surface area contributed by atoms with Crippen LogP contribution < -0.4 is 0 Å². The van der Waals surface area contributed by atoms with Crippen molar-refractivity contribution in [3.05, 3.63) is 40.6 Å². The first kappa shape index (κ1) is 12.1. The van der Waals surface area contributed by atoms with E-state index in [9.17, 15) is 0 Å². The number of aryl methyl sites for hydroxylation is 1. The second-order valence-corrected chi connectivity index (χ2v) is 4.66. The number of benzene rings is 1. The van der Waals surface area contributed by atoms with Crippen LogP contribution in [0.2, 0.25) is 10.0 Å². The zero-order valence-corrected chi connectivity index (χ0v) is 11.3. The van der Waals surface area contributed by atoms with E-state index < -0.39 is 0 Å². The molecule has 0 spiro atoms. The molecule has 0 N–H and O–H groups in total. The van der Waals surface area contributed by atoms with Gasteiger partial charge in [-0.3, -0.25) is 0 Å². The van der Waals surface area contributed by atoms with Gasteiger partial charge in [-0.2, -0.15) is 9.90 Å². The van der Waals surface area contributed by atoms with E-state index in [4.69, 9.17) is 23.2 Å². The smallest absolute Gasteiger partial charge is 0.208 e. The van der Waals surface area contributed by atoms with Crippen molar-refractivity contribution in [3.8, 4) is 17.1 Å². The topological polar surface area (TPSA) is 61.4 Å². The number of hydrogen-bond acceptors (Lipinski definition) is 4. The van der Waals surface area contributed by atoms with Crippen LogP contribution >= 0.6 is 23.2 Å². The maximum absolute atomic E-state index is 6.13. The standard InChI is InChI=1S/C11H8Cl2N6/c1-18-16-11(15-17-18)7-5-14-19(6-7)10-8(12)3-2-4-9(10)13/h2-6H,1H3. The highest BCUT2D eigenvalue weighted by molar-refractivity contribution is 6.37. The molecule has 19 heavy (non-hydrogen) atoms. The molecule has 3 rings (SSSR count). The fraction of sp³-hybridized carbons (Fsp3) is 0.0909. The lowest BCUT2D eigenvalue weighted by atomic mass is 10.3. The molecule has 96 valence electrons. The quantitative estimate of drug-likeness (QED) is 0.728. The molecule has 0 atom stereocenters. The first-order chi connectivity index (χ1) is 9.15. The molecule has 0 radical (unpaired) electrons. The van der Waals surface area contributed by atoms with Gasteiger partial charge in [0.05, 0.1) is 28.9 Å². The summed E-state index contributed by atoms with van der Waals surface area (Å²) in [7, 11) is 1.70. The molecule has 6 nitrogen and oxygen atoms in total. The summed E-state index contributed by atoms with van der Waals surface area (Å²) in [5, 5.41) is 17.1. The Kier molecular flexibility index (Phi) is 2.96. The molecule has 2 heterocycles. The van der Waals surface area contributed by atoms with Crippen LogP contribution in [0.1, 0.15) is 0 Å². The van der Waals surface area contributed by atoms with Gasteiger partial charge in [0, 0.05) is 6.20 Å². The zero-order valence-electron chi connectivity index (χ0n) is 9.83. The molecule has 0 aliphatic rings. The summed E-state index contributed by atoms with van der Waals surface area (Å²) in [6, 6.07) is 5.29. The van der Waals surface area contributed by atoms with Gasteiger partial charge in [0.1, 0.15) is 5.69 Å². The average Bonchev–Trinajstić information content (AvgIpc) is 2.98. The Labute approximate surface area is 118 Å². The molecular weight excluding hydrogens is 287 g/mol. The van der Waals surface area contributed by atoms with E-state index in [0.717, 1.165) is 5.56 Å². The predicted molar refractivity (Wildman–Crippen MR) is 71.4 cm³/mol. The molecule has 0 fully saturated rings. The third kappa shape index (κ3) is 2.20. The highest BCUT2D eigenvalue weighted by atomic mass is 35.5. The van der Waals surface area contributed by atoms with Crippen LogP contribution in [0.3, 0.4) is 0 Å². The number of halogens is 2. The third-order valence-electron chi connectivity index (χ3n) is 2.52. The van der Waals surface area contributed by atoms with Crippen LogP contribution in [0.4, 0.5) is 0 Å². The predicted octanol–water partition coefficient (Wildman–Crippen LogP) is 2.37. The van der Waals surface area contributed by atoms with Gasteiger partial charge < -0.3 is 0 Å². The van der Waals surface area contributed by atoms with Gasteiger partial charge in [-0.15, -0.1) is 10.2 Å². The van der Waals surface area contributed by atoms with Crippen LogP contribution in [0.15, 0.2) is 30.6 Å². The van der Waals surface area contributed by atoms with Crippen LogP contribution in [-0.2, 0) is 7.05 Å². The fourth-order valence-corrected chi connectivity index (χ4v) is 2.24. The van der Waals surface area contributed by atoms with Gasteiger partial charge >= 0.3 is 0 Å². The molecule has 0 amide bonds. The normalized spacial score (nSPS) is 10.9. The molecule has 8 heteroatoms. The molecule has 0 bridgehead atoms. The Morgan fingerprint density at radius 2 is 1.89 bits per heavy atom. The molecule has 3 aromatic rings. The molecule has 0 aliphatic heterocycles. The number of para-hydroxylation sites is 1. The Morgan fingerprint density at radius 3 is 2.53 bits per heavy atom. The van der Waals surface area contributed by atoms with Gasteiger partial charge in [0.25, 0.3) is 0 Å². The highest BCUT2D eigenvalue weighted by Gasteiger charge is 2.12. The highest BCUT2D eigenvalue weighted by Crippen LogP contribution is 2.28. The summed E-state index contributed by atoms with van der Waals surface area (Å²) >= 11 is 12.3.